The van der Waals surface area contributed by atoms with Gasteiger partial charge in [-0.2, -0.15) is 0 Å². The number of aryl methyl sites for hydroxylation is 1. The van der Waals surface area contributed by atoms with E-state index in [1.54, 1.807) is 47.4 Å². The maximum Gasteiger partial charge on any atom is 0.256 e. The Bertz CT molecular complexity index is 1340. The first-order valence-electron chi connectivity index (χ1n) is 13.6. The lowest BCUT2D eigenvalue weighted by atomic mass is 9.96. The Kier molecular flexibility index (Phi) is 8.11. The van der Waals surface area contributed by atoms with Gasteiger partial charge >= 0.3 is 0 Å². The van der Waals surface area contributed by atoms with Gasteiger partial charge in [0.05, 0.1) is 26.0 Å². The Morgan fingerprint density at radius 1 is 0.975 bits per heavy atom. The molecule has 2 aliphatic rings. The Balaban J connectivity index is 1.35. The van der Waals surface area contributed by atoms with Crippen molar-refractivity contribution in [3.05, 3.63) is 95.3 Å². The molecule has 0 saturated carbocycles. The van der Waals surface area contributed by atoms with E-state index >= 15 is 0 Å². The molecule has 1 N–H and O–H groups in total. The van der Waals surface area contributed by atoms with Crippen LogP contribution in [0.5, 0.6) is 5.75 Å². The summed E-state index contributed by atoms with van der Waals surface area (Å²) in [6, 6.07) is 19.2. The van der Waals surface area contributed by atoms with Crippen LogP contribution in [-0.2, 0) is 22.5 Å². The first-order chi connectivity index (χ1) is 19.4. The van der Waals surface area contributed by atoms with Crippen molar-refractivity contribution in [3.8, 4) is 5.75 Å². The first-order valence-corrected chi connectivity index (χ1v) is 13.6. The number of hydrogen-bond acceptors (Lipinski definition) is 6. The zero-order valence-corrected chi connectivity index (χ0v) is 22.8. The molecule has 2 aliphatic heterocycles. The predicted octanol–water partition coefficient (Wildman–Crippen LogP) is 3.44. The zero-order valence-electron chi connectivity index (χ0n) is 22.8. The molecule has 1 spiro atoms. The minimum Gasteiger partial charge on any atom is -0.497 e. The Hall–Kier alpha value is -4.24. The summed E-state index contributed by atoms with van der Waals surface area (Å²) in [5, 5.41) is 2.92. The molecule has 9 heteroatoms. The van der Waals surface area contributed by atoms with Gasteiger partial charge in [-0.1, -0.05) is 25.1 Å². The number of amides is 3. The molecule has 0 aliphatic carbocycles. The number of pyridine rings is 1. The fourth-order valence-corrected chi connectivity index (χ4v) is 5.36. The van der Waals surface area contributed by atoms with Gasteiger partial charge in [0.2, 0.25) is 5.91 Å². The highest BCUT2D eigenvalue weighted by molar-refractivity contribution is 5.99. The predicted molar refractivity (Wildman–Crippen MR) is 149 cm³/mol. The van der Waals surface area contributed by atoms with Crippen LogP contribution in [0.3, 0.4) is 0 Å². The summed E-state index contributed by atoms with van der Waals surface area (Å²) in [5.74, 6) is -0.0208. The minimum absolute atomic E-state index is 0.0480. The number of rotatable bonds is 7. The van der Waals surface area contributed by atoms with Crippen LogP contribution >= 0.6 is 0 Å². The average Bonchev–Trinajstić information content (AvgIpc) is 3.38. The van der Waals surface area contributed by atoms with Crippen LogP contribution in [-0.4, -0.2) is 71.1 Å². The lowest BCUT2D eigenvalue weighted by Crippen LogP contribution is -2.59. The van der Waals surface area contributed by atoms with Crippen LogP contribution in [0, 0.1) is 0 Å². The average molecular weight is 543 g/mol. The van der Waals surface area contributed by atoms with E-state index in [2.05, 4.69) is 17.2 Å². The van der Waals surface area contributed by atoms with E-state index in [1.807, 2.05) is 42.5 Å². The second-order valence-corrected chi connectivity index (χ2v) is 10.1. The van der Waals surface area contributed by atoms with E-state index < -0.39 is 11.8 Å². The number of carbonyl (C=O) groups excluding carboxylic acids is 3. The van der Waals surface area contributed by atoms with E-state index in [0.717, 1.165) is 12.1 Å². The van der Waals surface area contributed by atoms with Crippen LogP contribution in [0.1, 0.15) is 51.7 Å². The summed E-state index contributed by atoms with van der Waals surface area (Å²) in [7, 11) is 1.56. The number of carbonyl (C=O) groups is 3. The van der Waals surface area contributed by atoms with Gasteiger partial charge in [0, 0.05) is 43.3 Å². The third-order valence-corrected chi connectivity index (χ3v) is 7.73. The molecule has 0 radical (unpaired) electrons. The number of nitrogens with one attached hydrogen (secondary N) is 1. The van der Waals surface area contributed by atoms with E-state index in [-0.39, 0.29) is 30.9 Å². The lowest BCUT2D eigenvalue weighted by molar-refractivity contribution is -0.128. The summed E-state index contributed by atoms with van der Waals surface area (Å²) < 4.78 is 11.5. The van der Waals surface area contributed by atoms with E-state index in [9.17, 15) is 14.4 Å². The van der Waals surface area contributed by atoms with E-state index in [1.165, 1.54) is 5.56 Å². The number of piperidine rings is 1. The Morgan fingerprint density at radius 2 is 1.65 bits per heavy atom. The van der Waals surface area contributed by atoms with Gasteiger partial charge in [-0.15, -0.1) is 0 Å². The van der Waals surface area contributed by atoms with E-state index in [0.29, 0.717) is 42.8 Å². The largest absolute Gasteiger partial charge is 0.497 e. The summed E-state index contributed by atoms with van der Waals surface area (Å²) in [6.45, 7) is 3.20. The SMILES string of the molecule is CCc1ccc(C(=O)N2CCC3(CC2)OC[C@@H](C(=O)NCc2ccccn2)N3C(=O)c2ccc(OC)cc2)cc1. The van der Waals surface area contributed by atoms with Crippen molar-refractivity contribution in [2.24, 2.45) is 0 Å². The second kappa shape index (κ2) is 11.9. The molecule has 9 nitrogen and oxygen atoms in total. The van der Waals surface area contributed by atoms with Crippen LogP contribution in [0.4, 0.5) is 0 Å². The van der Waals surface area contributed by atoms with Gasteiger partial charge < -0.3 is 19.7 Å². The van der Waals surface area contributed by atoms with E-state index in [4.69, 9.17) is 9.47 Å². The smallest absolute Gasteiger partial charge is 0.256 e. The summed E-state index contributed by atoms with van der Waals surface area (Å²) in [4.78, 5) is 48.2. The molecule has 0 unspecified atom stereocenters. The normalized spacial score (nSPS) is 18.0. The number of ether oxygens (including phenoxy) is 2. The highest BCUT2D eigenvalue weighted by Crippen LogP contribution is 2.39. The Labute approximate surface area is 234 Å². The molecule has 0 bridgehead atoms. The van der Waals surface area contributed by atoms with Crippen LogP contribution in [0.25, 0.3) is 0 Å². The van der Waals surface area contributed by atoms with Gasteiger partial charge in [-0.25, -0.2) is 0 Å². The molecule has 40 heavy (non-hydrogen) atoms. The maximum absolute atomic E-state index is 13.9. The molecule has 1 atom stereocenters. The number of hydrogen-bond donors (Lipinski definition) is 1. The van der Waals surface area contributed by atoms with Crippen molar-refractivity contribution >= 4 is 17.7 Å². The standard InChI is InChI=1S/C31H34N4O5/c1-3-22-7-9-23(10-8-22)29(37)34-18-15-31(16-19-34)35(30(38)24-11-13-26(39-2)14-12-24)27(21-40-31)28(36)33-20-25-6-4-5-17-32-25/h4-14,17,27H,3,15-16,18-21H2,1-2H3,(H,33,36)/t27-/m0/s1. The summed E-state index contributed by atoms with van der Waals surface area (Å²) >= 11 is 0. The molecule has 1 aromatic heterocycles. The number of likely N-dealkylation sites (tertiary alicyclic amines) is 1. The minimum atomic E-state index is -0.993. The quantitative estimate of drug-likeness (QED) is 0.491. The topological polar surface area (TPSA) is 101 Å². The number of methoxy groups -OCH3 is 1. The molecule has 208 valence electrons. The number of nitrogens with zero attached hydrogens (tertiary/aromatic N) is 3. The van der Waals surface area contributed by atoms with Gasteiger partial charge in [-0.05, 0) is 60.5 Å². The molecule has 3 heterocycles. The fourth-order valence-electron chi connectivity index (χ4n) is 5.36. The van der Waals surface area contributed by atoms with Gasteiger partial charge in [0.1, 0.15) is 17.5 Å². The van der Waals surface area contributed by atoms with Crippen LogP contribution in [0.15, 0.2) is 72.9 Å². The van der Waals surface area contributed by atoms with Gasteiger partial charge in [-0.3, -0.25) is 24.3 Å². The summed E-state index contributed by atoms with van der Waals surface area (Å²) in [6.07, 6.45) is 3.38. The monoisotopic (exact) mass is 542 g/mol. The van der Waals surface area contributed by atoms with Crippen LogP contribution in [0.2, 0.25) is 0 Å². The highest BCUT2D eigenvalue weighted by atomic mass is 16.5. The Morgan fingerprint density at radius 3 is 2.27 bits per heavy atom. The third kappa shape index (κ3) is 5.56. The molecule has 2 aromatic carbocycles. The molecule has 2 fully saturated rings. The van der Waals surface area contributed by atoms with Crippen molar-refractivity contribution in [3.63, 3.8) is 0 Å². The maximum atomic E-state index is 13.9. The fraction of sp³-hybridized carbons (Fsp3) is 0.355. The van der Waals surface area contributed by atoms with Gasteiger partial charge in [0.15, 0.2) is 0 Å². The summed E-state index contributed by atoms with van der Waals surface area (Å²) in [5.41, 5.74) is 1.97. The van der Waals surface area contributed by atoms with Crippen molar-refractivity contribution in [2.45, 2.75) is 44.5 Å². The zero-order chi connectivity index (χ0) is 28.1. The van der Waals surface area contributed by atoms with Crippen molar-refractivity contribution in [1.29, 1.82) is 0 Å². The highest BCUT2D eigenvalue weighted by Gasteiger charge is 2.54. The van der Waals surface area contributed by atoms with Crippen molar-refractivity contribution in [2.75, 3.05) is 26.8 Å². The van der Waals surface area contributed by atoms with Crippen molar-refractivity contribution < 1.29 is 23.9 Å². The molecule has 3 aromatic rings. The lowest BCUT2D eigenvalue weighted by Gasteiger charge is -2.44. The molecule has 5 rings (SSSR count). The molecule has 2 saturated heterocycles. The second-order valence-electron chi connectivity index (χ2n) is 10.1. The van der Waals surface area contributed by atoms with Gasteiger partial charge in [0.25, 0.3) is 11.8 Å². The molecular weight excluding hydrogens is 508 g/mol. The third-order valence-electron chi connectivity index (χ3n) is 7.73. The van der Waals surface area contributed by atoms with Crippen LogP contribution < -0.4 is 10.1 Å². The number of benzene rings is 2. The molecule has 3 amide bonds. The first kappa shape index (κ1) is 27.3. The number of aromatic nitrogens is 1. The van der Waals surface area contributed by atoms with Crippen molar-refractivity contribution in [1.82, 2.24) is 20.1 Å². The molecular formula is C31H34N4O5.